The van der Waals surface area contributed by atoms with Gasteiger partial charge in [0.25, 0.3) is 0 Å². The van der Waals surface area contributed by atoms with Crippen LogP contribution in [0, 0.1) is 12.3 Å². The second kappa shape index (κ2) is 6.04. The standard InChI is InChI=1S/C18H16O/c1-3-18(19)17-12-8-7-11-16(17)13-14(2)15-9-5-4-6-10-15/h1,4-13,18-19H,2H3/b14-13+. The molecule has 0 amide bonds. The maximum absolute atomic E-state index is 9.83. The van der Waals surface area contributed by atoms with Crippen molar-refractivity contribution in [2.24, 2.45) is 0 Å². The van der Waals surface area contributed by atoms with Crippen molar-refractivity contribution in [3.05, 3.63) is 71.3 Å². The molecule has 0 saturated heterocycles. The number of aliphatic hydroxyl groups excluding tert-OH is 1. The van der Waals surface area contributed by atoms with Crippen LogP contribution in [0.4, 0.5) is 0 Å². The van der Waals surface area contributed by atoms with E-state index in [1.54, 1.807) is 0 Å². The van der Waals surface area contributed by atoms with Crippen molar-refractivity contribution in [1.29, 1.82) is 0 Å². The van der Waals surface area contributed by atoms with Crippen LogP contribution in [0.2, 0.25) is 0 Å². The first-order chi connectivity index (χ1) is 9.22. The predicted molar refractivity (Wildman–Crippen MR) is 80.2 cm³/mol. The number of benzene rings is 2. The van der Waals surface area contributed by atoms with Gasteiger partial charge in [-0.3, -0.25) is 0 Å². The lowest BCUT2D eigenvalue weighted by molar-refractivity contribution is 0.238. The smallest absolute Gasteiger partial charge is 0.140 e. The van der Waals surface area contributed by atoms with E-state index < -0.39 is 6.10 Å². The molecule has 0 radical (unpaired) electrons. The van der Waals surface area contributed by atoms with E-state index in [4.69, 9.17) is 6.42 Å². The van der Waals surface area contributed by atoms with Gasteiger partial charge < -0.3 is 5.11 Å². The fourth-order valence-corrected chi connectivity index (χ4v) is 2.00. The Kier molecular flexibility index (Phi) is 4.18. The second-order valence-corrected chi connectivity index (χ2v) is 4.39. The highest BCUT2D eigenvalue weighted by Crippen LogP contribution is 2.23. The summed E-state index contributed by atoms with van der Waals surface area (Å²) >= 11 is 0. The molecule has 1 nitrogen and oxygen atoms in total. The van der Waals surface area contributed by atoms with Crippen LogP contribution in [0.5, 0.6) is 0 Å². The minimum Gasteiger partial charge on any atom is -0.376 e. The van der Waals surface area contributed by atoms with E-state index in [-0.39, 0.29) is 0 Å². The Balaban J connectivity index is 2.41. The lowest BCUT2D eigenvalue weighted by Crippen LogP contribution is -1.96. The number of terminal acetylenes is 1. The van der Waals surface area contributed by atoms with Gasteiger partial charge in [-0.05, 0) is 29.2 Å². The van der Waals surface area contributed by atoms with Crippen molar-refractivity contribution in [3.63, 3.8) is 0 Å². The fraction of sp³-hybridized carbons (Fsp3) is 0.111. The molecule has 0 heterocycles. The van der Waals surface area contributed by atoms with Crippen LogP contribution in [0.25, 0.3) is 11.6 Å². The summed E-state index contributed by atoms with van der Waals surface area (Å²) in [6.07, 6.45) is 6.48. The Labute approximate surface area is 114 Å². The molecule has 0 bridgehead atoms. The molecule has 1 atom stereocenters. The third-order valence-corrected chi connectivity index (χ3v) is 3.05. The number of allylic oxidation sites excluding steroid dienone is 1. The Bertz CT molecular complexity index is 618. The number of rotatable bonds is 3. The van der Waals surface area contributed by atoms with E-state index in [2.05, 4.69) is 18.1 Å². The first-order valence-electron chi connectivity index (χ1n) is 6.19. The third kappa shape index (κ3) is 3.13. The minimum atomic E-state index is -0.865. The van der Waals surface area contributed by atoms with Crippen molar-refractivity contribution >= 4 is 11.6 Å². The van der Waals surface area contributed by atoms with E-state index in [0.29, 0.717) is 0 Å². The third-order valence-electron chi connectivity index (χ3n) is 3.05. The molecule has 1 unspecified atom stereocenters. The van der Waals surface area contributed by atoms with Crippen LogP contribution < -0.4 is 0 Å². The maximum atomic E-state index is 9.83. The fourth-order valence-electron chi connectivity index (χ4n) is 2.00. The maximum Gasteiger partial charge on any atom is 0.140 e. The van der Waals surface area contributed by atoms with Crippen LogP contribution in [-0.4, -0.2) is 5.11 Å². The van der Waals surface area contributed by atoms with Crippen molar-refractivity contribution in [3.8, 4) is 12.3 Å². The van der Waals surface area contributed by atoms with Crippen LogP contribution in [0.1, 0.15) is 29.7 Å². The van der Waals surface area contributed by atoms with Gasteiger partial charge in [-0.2, -0.15) is 0 Å². The summed E-state index contributed by atoms with van der Waals surface area (Å²) in [6.45, 7) is 2.05. The Morgan fingerprint density at radius 2 is 1.74 bits per heavy atom. The summed E-state index contributed by atoms with van der Waals surface area (Å²) in [5.41, 5.74) is 4.01. The van der Waals surface area contributed by atoms with Crippen molar-refractivity contribution < 1.29 is 5.11 Å². The Morgan fingerprint density at radius 3 is 2.42 bits per heavy atom. The lowest BCUT2D eigenvalue weighted by atomic mass is 9.98. The number of aliphatic hydroxyl groups is 1. The largest absolute Gasteiger partial charge is 0.376 e. The van der Waals surface area contributed by atoms with Gasteiger partial charge in [-0.15, -0.1) is 6.42 Å². The minimum absolute atomic E-state index is 0.764. The van der Waals surface area contributed by atoms with Gasteiger partial charge in [0.05, 0.1) is 0 Å². The average Bonchev–Trinajstić information content (AvgIpc) is 2.48. The normalized spacial score (nSPS) is 12.8. The molecule has 1 heteroatoms. The molecule has 2 aromatic rings. The monoisotopic (exact) mass is 248 g/mol. The topological polar surface area (TPSA) is 20.2 Å². The van der Waals surface area contributed by atoms with E-state index in [1.165, 1.54) is 0 Å². The summed E-state index contributed by atoms with van der Waals surface area (Å²) in [4.78, 5) is 0. The molecule has 0 fully saturated rings. The molecule has 0 aliphatic rings. The summed E-state index contributed by atoms with van der Waals surface area (Å²) in [5, 5.41) is 9.83. The molecule has 0 saturated carbocycles. The molecule has 2 rings (SSSR count). The number of hydrogen-bond donors (Lipinski definition) is 1. The van der Waals surface area contributed by atoms with Gasteiger partial charge in [0.2, 0.25) is 0 Å². The predicted octanol–water partition coefficient (Wildman–Crippen LogP) is 3.91. The van der Waals surface area contributed by atoms with Gasteiger partial charge in [-0.25, -0.2) is 0 Å². The molecule has 0 spiro atoms. The van der Waals surface area contributed by atoms with E-state index in [9.17, 15) is 5.11 Å². The SMILES string of the molecule is C#CC(O)c1ccccc1/C=C(\C)c1ccccc1. The molecular formula is C18H16O. The van der Waals surface area contributed by atoms with Crippen molar-refractivity contribution in [2.75, 3.05) is 0 Å². The van der Waals surface area contributed by atoms with Crippen LogP contribution in [-0.2, 0) is 0 Å². The highest BCUT2D eigenvalue weighted by atomic mass is 16.3. The number of hydrogen-bond acceptors (Lipinski definition) is 1. The Hall–Kier alpha value is -2.30. The molecule has 0 aliphatic heterocycles. The average molecular weight is 248 g/mol. The van der Waals surface area contributed by atoms with Gasteiger partial charge in [0.15, 0.2) is 0 Å². The van der Waals surface area contributed by atoms with E-state index >= 15 is 0 Å². The summed E-state index contributed by atoms with van der Waals surface area (Å²) in [5.74, 6) is 2.36. The summed E-state index contributed by atoms with van der Waals surface area (Å²) < 4.78 is 0. The van der Waals surface area contributed by atoms with Crippen molar-refractivity contribution in [2.45, 2.75) is 13.0 Å². The quantitative estimate of drug-likeness (QED) is 0.645. The van der Waals surface area contributed by atoms with Crippen LogP contribution in [0.15, 0.2) is 54.6 Å². The van der Waals surface area contributed by atoms with E-state index in [0.717, 1.165) is 22.3 Å². The van der Waals surface area contributed by atoms with E-state index in [1.807, 2.05) is 55.5 Å². The van der Waals surface area contributed by atoms with Gasteiger partial charge in [0.1, 0.15) is 6.10 Å². The Morgan fingerprint density at radius 1 is 1.11 bits per heavy atom. The highest BCUT2D eigenvalue weighted by Gasteiger charge is 2.07. The first-order valence-corrected chi connectivity index (χ1v) is 6.19. The van der Waals surface area contributed by atoms with Crippen LogP contribution >= 0.6 is 0 Å². The molecular weight excluding hydrogens is 232 g/mol. The zero-order valence-corrected chi connectivity index (χ0v) is 10.9. The van der Waals surface area contributed by atoms with Gasteiger partial charge in [0, 0.05) is 0 Å². The summed E-state index contributed by atoms with van der Waals surface area (Å²) in [7, 11) is 0. The molecule has 0 aromatic heterocycles. The molecule has 19 heavy (non-hydrogen) atoms. The zero-order valence-electron chi connectivity index (χ0n) is 10.9. The molecule has 94 valence electrons. The van der Waals surface area contributed by atoms with Gasteiger partial charge in [-0.1, -0.05) is 66.6 Å². The zero-order chi connectivity index (χ0) is 13.7. The summed E-state index contributed by atoms with van der Waals surface area (Å²) in [6, 6.07) is 17.8. The van der Waals surface area contributed by atoms with Gasteiger partial charge >= 0.3 is 0 Å². The molecule has 0 aliphatic carbocycles. The second-order valence-electron chi connectivity index (χ2n) is 4.39. The van der Waals surface area contributed by atoms with Crippen molar-refractivity contribution in [1.82, 2.24) is 0 Å². The molecule has 1 N–H and O–H groups in total. The van der Waals surface area contributed by atoms with Crippen LogP contribution in [0.3, 0.4) is 0 Å². The molecule has 2 aromatic carbocycles. The highest BCUT2D eigenvalue weighted by molar-refractivity contribution is 5.81. The first kappa shape index (κ1) is 13.1. The lowest BCUT2D eigenvalue weighted by Gasteiger charge is -2.09.